The van der Waals surface area contributed by atoms with Crippen LogP contribution in [0.25, 0.3) is 0 Å². The zero-order valence-corrected chi connectivity index (χ0v) is 22.1. The maximum atomic E-state index is 11.7. The summed E-state index contributed by atoms with van der Waals surface area (Å²) in [7, 11) is 0. The molecular formula is C31H44O4-2. The van der Waals surface area contributed by atoms with Crippen molar-refractivity contribution in [3.05, 3.63) is 70.3 Å². The first kappa shape index (κ1) is 30.4. The van der Waals surface area contributed by atoms with Crippen molar-refractivity contribution in [2.45, 2.75) is 111 Å². The van der Waals surface area contributed by atoms with Gasteiger partial charge in [0.1, 0.15) is 0 Å². The van der Waals surface area contributed by atoms with E-state index < -0.39 is 11.9 Å². The molecule has 0 N–H and O–H groups in total. The van der Waals surface area contributed by atoms with Gasteiger partial charge in [0.05, 0.1) is 11.9 Å². The predicted molar refractivity (Wildman–Crippen MR) is 140 cm³/mol. The third-order valence-corrected chi connectivity index (χ3v) is 6.35. The number of carbonyl (C=O) groups excluding carboxylic acids is 2. The average Bonchev–Trinajstić information content (AvgIpc) is 2.84. The number of unbranched alkanes of at least 4 members (excludes halogenated alkanes) is 10. The number of carboxylic acids is 2. The van der Waals surface area contributed by atoms with Crippen LogP contribution in [-0.4, -0.2) is 11.9 Å². The van der Waals surface area contributed by atoms with Crippen LogP contribution < -0.4 is 10.2 Å². The Hall–Kier alpha value is -2.62. The molecule has 0 heterocycles. The lowest BCUT2D eigenvalue weighted by Gasteiger charge is -2.20. The summed E-state index contributed by atoms with van der Waals surface area (Å²) in [6, 6.07) is 13.4. The lowest BCUT2D eigenvalue weighted by molar-refractivity contribution is -0.259. The van der Waals surface area contributed by atoms with Crippen LogP contribution in [0.4, 0.5) is 0 Å². The smallest absolute Gasteiger partial charge is 0.0724 e. The minimum absolute atomic E-state index is 0.169. The summed E-state index contributed by atoms with van der Waals surface area (Å²) in [6.07, 6.45) is 15.0. The summed E-state index contributed by atoms with van der Waals surface area (Å²) >= 11 is 0. The first-order valence-corrected chi connectivity index (χ1v) is 13.5. The first-order valence-electron chi connectivity index (χ1n) is 13.5. The second kappa shape index (κ2) is 18.7. The van der Waals surface area contributed by atoms with Gasteiger partial charge in [-0.15, -0.1) is 0 Å². The molecule has 2 aromatic rings. The highest BCUT2D eigenvalue weighted by atomic mass is 16.4. The van der Waals surface area contributed by atoms with Gasteiger partial charge in [-0.05, 0) is 43.7 Å². The molecule has 0 saturated heterocycles. The molecule has 0 unspecified atom stereocenters. The topological polar surface area (TPSA) is 80.3 Å². The molecule has 0 spiro atoms. The molecule has 0 aliphatic heterocycles. The predicted octanol–water partition coefficient (Wildman–Crippen LogP) is 6.21. The number of benzene rings is 2. The summed E-state index contributed by atoms with van der Waals surface area (Å²) in [5, 5.41) is 23.1. The van der Waals surface area contributed by atoms with Crippen LogP contribution in [0.1, 0.15) is 128 Å². The SMILES string of the molecule is CCCCCCCCc1ccc(C(=O)[O-])c(C(=O)[O-])c1CCCCCCCC.Cc1ccccc1. The molecule has 0 saturated carbocycles. The lowest BCUT2D eigenvalue weighted by Crippen LogP contribution is -2.31. The molecule has 35 heavy (non-hydrogen) atoms. The summed E-state index contributed by atoms with van der Waals surface area (Å²) in [5.74, 6) is -2.86. The van der Waals surface area contributed by atoms with E-state index in [1.807, 2.05) is 18.2 Å². The van der Waals surface area contributed by atoms with Crippen molar-refractivity contribution in [2.75, 3.05) is 0 Å². The highest BCUT2D eigenvalue weighted by molar-refractivity contribution is 6.01. The van der Waals surface area contributed by atoms with Crippen LogP contribution in [0.3, 0.4) is 0 Å². The van der Waals surface area contributed by atoms with E-state index in [9.17, 15) is 19.8 Å². The van der Waals surface area contributed by atoms with Crippen molar-refractivity contribution in [3.8, 4) is 0 Å². The third kappa shape index (κ3) is 12.6. The Kier molecular flexibility index (Phi) is 16.2. The van der Waals surface area contributed by atoms with Gasteiger partial charge in [-0.3, -0.25) is 0 Å². The molecule has 0 aliphatic carbocycles. The number of carboxylic acid groups (broad SMARTS) is 2. The Morgan fingerprint density at radius 3 is 1.60 bits per heavy atom. The molecule has 2 rings (SSSR count). The minimum atomic E-state index is -1.45. The highest BCUT2D eigenvalue weighted by Crippen LogP contribution is 2.24. The molecule has 194 valence electrons. The zero-order valence-electron chi connectivity index (χ0n) is 22.1. The first-order chi connectivity index (χ1) is 16.9. The maximum Gasteiger partial charge on any atom is 0.0724 e. The average molecular weight is 481 g/mol. The van der Waals surface area contributed by atoms with E-state index in [-0.39, 0.29) is 11.1 Å². The zero-order chi connectivity index (χ0) is 25.9. The molecule has 4 nitrogen and oxygen atoms in total. The molecule has 0 aliphatic rings. The van der Waals surface area contributed by atoms with Crippen molar-refractivity contribution < 1.29 is 19.8 Å². The van der Waals surface area contributed by atoms with Crippen molar-refractivity contribution in [3.63, 3.8) is 0 Å². The molecule has 0 bridgehead atoms. The Bertz CT molecular complexity index is 858. The number of carbonyl (C=O) groups is 2. The second-order valence-electron chi connectivity index (χ2n) is 9.39. The van der Waals surface area contributed by atoms with Crippen LogP contribution in [-0.2, 0) is 12.8 Å². The number of aromatic carboxylic acids is 2. The van der Waals surface area contributed by atoms with Gasteiger partial charge in [0.2, 0.25) is 0 Å². The molecule has 0 radical (unpaired) electrons. The fourth-order valence-electron chi connectivity index (χ4n) is 4.33. The Labute approximate surface area is 212 Å². The van der Waals surface area contributed by atoms with E-state index in [4.69, 9.17) is 0 Å². The van der Waals surface area contributed by atoms with E-state index in [1.165, 1.54) is 56.6 Å². The van der Waals surface area contributed by atoms with Crippen LogP contribution >= 0.6 is 0 Å². The van der Waals surface area contributed by atoms with Crippen molar-refractivity contribution in [1.29, 1.82) is 0 Å². The summed E-state index contributed by atoms with van der Waals surface area (Å²) in [5.41, 5.74) is 2.49. The summed E-state index contributed by atoms with van der Waals surface area (Å²) in [6.45, 7) is 6.45. The molecule has 2 aromatic carbocycles. The van der Waals surface area contributed by atoms with Gasteiger partial charge < -0.3 is 19.8 Å². The Morgan fingerprint density at radius 2 is 1.14 bits per heavy atom. The molecular weight excluding hydrogens is 436 g/mol. The lowest BCUT2D eigenvalue weighted by atomic mass is 9.89. The number of rotatable bonds is 16. The normalized spacial score (nSPS) is 10.5. The van der Waals surface area contributed by atoms with Crippen molar-refractivity contribution >= 4 is 11.9 Å². The molecule has 0 aromatic heterocycles. The van der Waals surface area contributed by atoms with Crippen molar-refractivity contribution in [1.82, 2.24) is 0 Å². The maximum absolute atomic E-state index is 11.7. The van der Waals surface area contributed by atoms with Gasteiger partial charge in [-0.25, -0.2) is 0 Å². The van der Waals surface area contributed by atoms with E-state index in [1.54, 1.807) is 6.07 Å². The van der Waals surface area contributed by atoms with E-state index >= 15 is 0 Å². The molecule has 0 atom stereocenters. The number of aryl methyl sites for hydroxylation is 2. The Morgan fingerprint density at radius 1 is 0.629 bits per heavy atom. The van der Waals surface area contributed by atoms with E-state index in [2.05, 4.69) is 32.9 Å². The standard InChI is InChI=1S/C24H38O4.C7H8/c1-3-5-7-9-11-13-15-19-17-18-21(23(25)26)22(24(27)28)20(19)16-14-12-10-8-6-4-2;1-7-5-3-2-4-6-7/h17-18H,3-16H2,1-2H3,(H,25,26)(H,27,28);2-6H,1H3/p-2. The fraction of sp³-hybridized carbons (Fsp3) is 0.548. The van der Waals surface area contributed by atoms with Gasteiger partial charge >= 0.3 is 0 Å². The monoisotopic (exact) mass is 480 g/mol. The molecule has 4 heteroatoms. The van der Waals surface area contributed by atoms with Crippen LogP contribution in [0.2, 0.25) is 0 Å². The van der Waals surface area contributed by atoms with Gasteiger partial charge in [-0.1, -0.05) is 126 Å². The Balaban J connectivity index is 0.000000744. The quantitative estimate of drug-likeness (QED) is 0.267. The third-order valence-electron chi connectivity index (χ3n) is 6.35. The van der Waals surface area contributed by atoms with E-state index in [0.717, 1.165) is 44.1 Å². The van der Waals surface area contributed by atoms with E-state index in [0.29, 0.717) is 12.0 Å². The largest absolute Gasteiger partial charge is 0.545 e. The van der Waals surface area contributed by atoms with Crippen LogP contribution in [0.15, 0.2) is 42.5 Å². The van der Waals surface area contributed by atoms with Gasteiger partial charge in [-0.2, -0.15) is 0 Å². The number of hydrogen-bond acceptors (Lipinski definition) is 4. The summed E-state index contributed by atoms with van der Waals surface area (Å²) in [4.78, 5) is 23.1. The van der Waals surface area contributed by atoms with Gasteiger partial charge in [0, 0.05) is 11.1 Å². The molecule has 0 amide bonds. The fourth-order valence-corrected chi connectivity index (χ4v) is 4.33. The second-order valence-corrected chi connectivity index (χ2v) is 9.39. The van der Waals surface area contributed by atoms with Crippen LogP contribution in [0.5, 0.6) is 0 Å². The summed E-state index contributed by atoms with van der Waals surface area (Å²) < 4.78 is 0. The minimum Gasteiger partial charge on any atom is -0.545 e. The van der Waals surface area contributed by atoms with Gasteiger partial charge in [0.15, 0.2) is 0 Å². The van der Waals surface area contributed by atoms with Crippen LogP contribution in [0, 0.1) is 6.92 Å². The molecule has 0 fully saturated rings. The highest BCUT2D eigenvalue weighted by Gasteiger charge is 2.15. The number of hydrogen-bond donors (Lipinski definition) is 0. The van der Waals surface area contributed by atoms with Crippen molar-refractivity contribution in [2.24, 2.45) is 0 Å². The van der Waals surface area contributed by atoms with Gasteiger partial charge in [0.25, 0.3) is 0 Å².